The molecule has 1 N–H and O–H groups in total. The molecule has 2 aromatic heterocycles. The van der Waals surface area contributed by atoms with Crippen LogP contribution in [0.3, 0.4) is 0 Å². The first kappa shape index (κ1) is 21.6. The van der Waals surface area contributed by atoms with E-state index in [2.05, 4.69) is 32.1 Å². The van der Waals surface area contributed by atoms with Crippen LogP contribution in [0.15, 0.2) is 84.5 Å². The van der Waals surface area contributed by atoms with Gasteiger partial charge in [0.1, 0.15) is 11.4 Å². The Labute approximate surface area is 202 Å². The molecular formula is C27H20ClN5O. The highest BCUT2D eigenvalue weighted by molar-refractivity contribution is 6.30. The van der Waals surface area contributed by atoms with Crippen LogP contribution in [0.4, 0.5) is 0 Å². The third-order valence-electron chi connectivity index (χ3n) is 5.67. The number of halogens is 1. The molecule has 2 aromatic carbocycles. The van der Waals surface area contributed by atoms with Crippen molar-refractivity contribution >= 4 is 23.2 Å². The Morgan fingerprint density at radius 3 is 2.53 bits per heavy atom. The van der Waals surface area contributed by atoms with Gasteiger partial charge in [0.25, 0.3) is 5.91 Å². The van der Waals surface area contributed by atoms with Gasteiger partial charge >= 0.3 is 0 Å². The maximum Gasteiger partial charge on any atom is 0.252 e. The minimum absolute atomic E-state index is 0.172. The number of nitrogens with zero attached hydrogens (tertiary/aromatic N) is 4. The van der Waals surface area contributed by atoms with Crippen molar-refractivity contribution in [1.29, 1.82) is 0 Å². The van der Waals surface area contributed by atoms with E-state index in [0.717, 1.165) is 33.7 Å². The lowest BCUT2D eigenvalue weighted by atomic mass is 9.98. The van der Waals surface area contributed by atoms with Crippen molar-refractivity contribution in [3.05, 3.63) is 118 Å². The predicted molar refractivity (Wildman–Crippen MR) is 132 cm³/mol. The first-order valence-corrected chi connectivity index (χ1v) is 11.1. The first-order valence-electron chi connectivity index (χ1n) is 10.7. The molecular weight excluding hydrogens is 446 g/mol. The lowest BCUT2D eigenvalue weighted by molar-refractivity contribution is 0.0943. The summed E-state index contributed by atoms with van der Waals surface area (Å²) in [6.07, 6.45) is 6.86. The van der Waals surface area contributed by atoms with Gasteiger partial charge in [0.15, 0.2) is 0 Å². The van der Waals surface area contributed by atoms with E-state index >= 15 is 0 Å². The summed E-state index contributed by atoms with van der Waals surface area (Å²) in [4.78, 5) is 26.0. The second kappa shape index (κ2) is 9.34. The minimum atomic E-state index is -0.336. The Morgan fingerprint density at radius 1 is 1.03 bits per heavy atom. The van der Waals surface area contributed by atoms with Gasteiger partial charge in [0.2, 0.25) is 0 Å². The zero-order valence-corrected chi connectivity index (χ0v) is 19.1. The second-order valence-electron chi connectivity index (χ2n) is 7.92. The normalized spacial score (nSPS) is 12.8. The lowest BCUT2D eigenvalue weighted by Gasteiger charge is -2.20. The van der Waals surface area contributed by atoms with Crippen LogP contribution >= 0.6 is 11.6 Å². The van der Waals surface area contributed by atoms with E-state index in [4.69, 9.17) is 11.6 Å². The van der Waals surface area contributed by atoms with E-state index in [0.29, 0.717) is 17.1 Å². The van der Waals surface area contributed by atoms with E-state index in [1.807, 2.05) is 66.2 Å². The highest BCUT2D eigenvalue weighted by Crippen LogP contribution is 2.25. The van der Waals surface area contributed by atoms with Gasteiger partial charge in [-0.15, -0.1) is 0 Å². The van der Waals surface area contributed by atoms with E-state index < -0.39 is 0 Å². The molecule has 34 heavy (non-hydrogen) atoms. The molecule has 1 unspecified atom stereocenters. The molecule has 0 bridgehead atoms. The molecule has 0 aliphatic carbocycles. The van der Waals surface area contributed by atoms with Crippen molar-refractivity contribution in [2.24, 2.45) is 12.0 Å². The fourth-order valence-electron chi connectivity index (χ4n) is 3.84. The number of aryl methyl sites for hydroxylation is 1. The van der Waals surface area contributed by atoms with Crippen molar-refractivity contribution < 1.29 is 4.79 Å². The van der Waals surface area contributed by atoms with Crippen molar-refractivity contribution in [3.63, 3.8) is 0 Å². The number of carbonyl (C=O) groups excluding carboxylic acids is 1. The molecule has 4 aromatic rings. The number of hydrogen-bond donors (Lipinski definition) is 1. The molecule has 3 heterocycles. The third-order valence-corrected chi connectivity index (χ3v) is 5.93. The van der Waals surface area contributed by atoms with Crippen LogP contribution in [0.2, 0.25) is 5.02 Å². The third kappa shape index (κ3) is 4.47. The summed E-state index contributed by atoms with van der Waals surface area (Å²) in [7, 11) is 1.90. The van der Waals surface area contributed by atoms with Gasteiger partial charge in [-0.3, -0.25) is 14.8 Å². The van der Waals surface area contributed by atoms with Crippen LogP contribution in [0, 0.1) is 11.8 Å². The molecule has 1 atom stereocenters. The zero-order valence-electron chi connectivity index (χ0n) is 18.4. The number of nitrogens with one attached hydrogen (secondary N) is 1. The molecule has 1 amide bonds. The number of benzene rings is 2. The van der Waals surface area contributed by atoms with Crippen LogP contribution in [0.25, 0.3) is 0 Å². The van der Waals surface area contributed by atoms with Crippen LogP contribution in [0.5, 0.6) is 0 Å². The maximum absolute atomic E-state index is 13.2. The van der Waals surface area contributed by atoms with Crippen molar-refractivity contribution in [2.75, 3.05) is 0 Å². The molecule has 7 heteroatoms. The topological polar surface area (TPSA) is 72.2 Å². The molecule has 1 aliphatic heterocycles. The number of hydrogen-bond acceptors (Lipinski definition) is 4. The highest BCUT2D eigenvalue weighted by atomic mass is 35.5. The fraction of sp³-hybridized carbons (Fsp3) is 0.111. The first-order chi connectivity index (χ1) is 16.6. The molecule has 0 spiro atoms. The summed E-state index contributed by atoms with van der Waals surface area (Å²) in [6.45, 7) is 0.497. The Hall–Kier alpha value is -4.21. The maximum atomic E-state index is 13.2. The van der Waals surface area contributed by atoms with E-state index in [9.17, 15) is 4.79 Å². The number of amides is 1. The van der Waals surface area contributed by atoms with Gasteiger partial charge in [-0.1, -0.05) is 29.8 Å². The number of aliphatic imine (C=N–C) groups is 1. The van der Waals surface area contributed by atoms with Crippen molar-refractivity contribution in [3.8, 4) is 11.8 Å². The number of aromatic nitrogens is 3. The minimum Gasteiger partial charge on any atom is -0.341 e. The molecule has 1 aliphatic rings. The Bertz CT molecular complexity index is 1450. The van der Waals surface area contributed by atoms with Crippen LogP contribution in [-0.2, 0) is 13.6 Å². The van der Waals surface area contributed by atoms with Crippen LogP contribution < -0.4 is 5.32 Å². The summed E-state index contributed by atoms with van der Waals surface area (Å²) in [5, 5.41) is 3.80. The smallest absolute Gasteiger partial charge is 0.252 e. The molecule has 0 fully saturated rings. The van der Waals surface area contributed by atoms with Gasteiger partial charge in [0, 0.05) is 35.6 Å². The van der Waals surface area contributed by atoms with Crippen molar-refractivity contribution in [2.45, 2.75) is 12.6 Å². The predicted octanol–water partition coefficient (Wildman–Crippen LogP) is 4.34. The quantitative estimate of drug-likeness (QED) is 0.456. The Balaban J connectivity index is 1.38. The number of carbonyl (C=O) groups is 1. The molecule has 5 rings (SSSR count). The average Bonchev–Trinajstić information content (AvgIpc) is 3.47. The SMILES string of the molecule is Cn1cncc1C#CC1=NCc2cc(C(=O)NC(c3ccncc3)c3ccc(Cl)cc3)ccc21. The van der Waals surface area contributed by atoms with Gasteiger partial charge in [-0.25, -0.2) is 4.98 Å². The summed E-state index contributed by atoms with van der Waals surface area (Å²) in [5.41, 5.74) is 5.91. The van der Waals surface area contributed by atoms with Crippen LogP contribution in [0.1, 0.15) is 44.3 Å². The summed E-state index contributed by atoms with van der Waals surface area (Å²) in [5.74, 6) is 6.06. The molecule has 166 valence electrons. The summed E-state index contributed by atoms with van der Waals surface area (Å²) < 4.78 is 1.86. The average molecular weight is 466 g/mol. The lowest BCUT2D eigenvalue weighted by Crippen LogP contribution is -2.29. The monoisotopic (exact) mass is 465 g/mol. The number of rotatable bonds is 4. The number of fused-ring (bicyclic) bond motifs is 1. The number of imidazole rings is 1. The van der Waals surface area contributed by atoms with Crippen molar-refractivity contribution in [1.82, 2.24) is 19.9 Å². The van der Waals surface area contributed by atoms with E-state index in [-0.39, 0.29) is 11.9 Å². The summed E-state index contributed by atoms with van der Waals surface area (Å²) in [6, 6.07) is 16.5. The molecule has 0 saturated heterocycles. The van der Waals surface area contributed by atoms with Gasteiger partial charge < -0.3 is 9.88 Å². The van der Waals surface area contributed by atoms with E-state index in [1.165, 1.54) is 0 Å². The number of pyridine rings is 1. The second-order valence-corrected chi connectivity index (χ2v) is 8.35. The zero-order chi connectivity index (χ0) is 23.5. The fourth-order valence-corrected chi connectivity index (χ4v) is 3.96. The van der Waals surface area contributed by atoms with Gasteiger partial charge in [-0.05, 0) is 64.9 Å². The Morgan fingerprint density at radius 2 is 1.79 bits per heavy atom. The molecule has 0 radical (unpaired) electrons. The van der Waals surface area contributed by atoms with E-state index in [1.54, 1.807) is 24.9 Å². The highest BCUT2D eigenvalue weighted by Gasteiger charge is 2.21. The molecule has 0 saturated carbocycles. The van der Waals surface area contributed by atoms with Gasteiger partial charge in [-0.2, -0.15) is 0 Å². The van der Waals surface area contributed by atoms with Crippen LogP contribution in [-0.4, -0.2) is 26.2 Å². The Kier molecular flexibility index (Phi) is 5.94. The largest absolute Gasteiger partial charge is 0.341 e. The standard InChI is InChI=1S/C27H20ClN5O/c1-33-17-30-16-23(33)7-9-25-24-8-4-20(14-21(24)15-31-25)27(34)32-26(19-10-12-29-13-11-19)18-2-5-22(28)6-3-18/h2-6,8,10-14,16-17,26H,15H2,1H3,(H,32,34). The van der Waals surface area contributed by atoms with Gasteiger partial charge in [0.05, 0.1) is 25.1 Å². The summed E-state index contributed by atoms with van der Waals surface area (Å²) >= 11 is 6.07. The molecule has 6 nitrogen and oxygen atoms in total.